The van der Waals surface area contributed by atoms with E-state index in [9.17, 15) is 8.76 Å². The number of nitrogens with two attached hydrogens (primary N) is 1. The van der Waals surface area contributed by atoms with Gasteiger partial charge in [0.2, 0.25) is 0 Å². The van der Waals surface area contributed by atoms with Gasteiger partial charge in [-0.1, -0.05) is 69.0 Å². The van der Waals surface area contributed by atoms with Crippen molar-refractivity contribution in [2.75, 3.05) is 52.0 Å². The number of hydrogen-bond acceptors (Lipinski definition) is 13. The van der Waals surface area contributed by atoms with E-state index >= 15 is 0 Å². The molecule has 4 unspecified atom stereocenters. The molecule has 0 aromatic heterocycles. The lowest BCUT2D eigenvalue weighted by Crippen LogP contribution is -2.18. The van der Waals surface area contributed by atoms with Crippen molar-refractivity contribution in [3.8, 4) is 29.1 Å². The zero-order valence-electron chi connectivity index (χ0n) is 23.4. The summed E-state index contributed by atoms with van der Waals surface area (Å²) in [5.74, 6) is 2.33. The van der Waals surface area contributed by atoms with Crippen LogP contribution in [0.2, 0.25) is 0 Å². The fraction of sp³-hybridized carbons (Fsp3) is 0.536. The molecule has 4 atom stereocenters. The molecule has 44 heavy (non-hydrogen) atoms. The number of hydrogen-bond donors (Lipinski definition) is 2. The van der Waals surface area contributed by atoms with E-state index in [0.717, 1.165) is 12.5 Å². The van der Waals surface area contributed by atoms with Crippen molar-refractivity contribution in [3.05, 3.63) is 47.5 Å². The van der Waals surface area contributed by atoms with E-state index in [0.29, 0.717) is 47.3 Å². The Bertz CT molecular complexity index is 1050. The first-order chi connectivity index (χ1) is 18.9. The van der Waals surface area contributed by atoms with Gasteiger partial charge in [-0.2, -0.15) is 17.9 Å². The van der Waals surface area contributed by atoms with Gasteiger partial charge in [0.1, 0.15) is 0 Å². The summed E-state index contributed by atoms with van der Waals surface area (Å²) < 4.78 is 78.0. The highest BCUT2D eigenvalue weighted by Gasteiger charge is 2.11. The van der Waals surface area contributed by atoms with Gasteiger partial charge in [-0.05, 0) is 62.4 Å². The van der Waals surface area contributed by atoms with E-state index in [-0.39, 0.29) is 35.5 Å². The maximum Gasteiger partial charge on any atom is 0.162 e. The number of nitriles is 1. The molecular formula is C28H53N2O10S4-3. The van der Waals surface area contributed by atoms with Gasteiger partial charge in [-0.3, -0.25) is 12.6 Å². The Morgan fingerprint density at radius 1 is 0.795 bits per heavy atom. The molecule has 0 radical (unpaired) electrons. The molecule has 12 nitrogen and oxygen atoms in total. The molecule has 0 saturated carbocycles. The van der Waals surface area contributed by atoms with Gasteiger partial charge >= 0.3 is 0 Å². The van der Waals surface area contributed by atoms with Gasteiger partial charge in [0.25, 0.3) is 0 Å². The standard InChI is InChI=1S/C11H17NO4S.C10H11NO2.2CH4O2S.CH4S.4CH4/c1-3-16-11-6-8(4-5-10(11)15-2)9(12)7-17(13)14;1-3-13-10-6-8(7-11)4-5-9(10)12-2;2*1-4(2)3;1-2;;;;/h4-6,9H,3,7,12H2,1-2H3,(H,13,14);4-6H,3H2,1-2H3;2*1H3,(H,2,3);2H,1H3;4*1H4/p-3/i7+1;;7*1+1. The summed E-state index contributed by atoms with van der Waals surface area (Å²) >= 11 is -2.36. The molecule has 0 heterocycles. The Morgan fingerprint density at radius 3 is 1.48 bits per heavy atom. The van der Waals surface area contributed by atoms with E-state index < -0.39 is 39.3 Å². The Labute approximate surface area is 279 Å². The normalized spacial score (nSPS) is 11.1. The van der Waals surface area contributed by atoms with E-state index in [4.69, 9.17) is 47.5 Å². The SMILES string of the molecule is CCOc1cc(C#N)ccc1OC.CCOc1cc(C(N)[13CH2]S(=O)[O-])ccc1OC.[13CH3]S.[13CH3]S(=O)[O-].[13CH3]S(=O)[O-].[13CH4].[13CH4].[13CH4].[13CH4]. The van der Waals surface area contributed by atoms with Crippen molar-refractivity contribution in [1.82, 2.24) is 0 Å². The maximum absolute atomic E-state index is 10.6. The number of benzene rings is 2. The highest BCUT2D eigenvalue weighted by Crippen LogP contribution is 2.30. The Hall–Kier alpha value is -2.23. The van der Waals surface area contributed by atoms with Crippen LogP contribution in [-0.2, 0) is 33.2 Å². The molecule has 0 aliphatic carbocycles. The number of ether oxygens (including phenoxy) is 4. The van der Waals surface area contributed by atoms with E-state index in [1.807, 2.05) is 19.9 Å². The topological polar surface area (TPSA) is 207 Å². The second-order valence-corrected chi connectivity index (χ2v) is 9.18. The van der Waals surface area contributed by atoms with Crippen LogP contribution in [0.25, 0.3) is 0 Å². The molecule has 0 saturated heterocycles. The Balaban J connectivity index is -0.0000000905. The van der Waals surface area contributed by atoms with Crippen LogP contribution in [0.3, 0.4) is 0 Å². The van der Waals surface area contributed by atoms with Crippen molar-refractivity contribution >= 4 is 45.9 Å². The van der Waals surface area contributed by atoms with Crippen LogP contribution >= 0.6 is 12.6 Å². The average molecular weight is 714 g/mol. The third kappa shape index (κ3) is 31.2. The summed E-state index contributed by atoms with van der Waals surface area (Å²) in [5.41, 5.74) is 7.04. The summed E-state index contributed by atoms with van der Waals surface area (Å²) in [6.07, 6.45) is 3.86. The lowest BCUT2D eigenvalue weighted by molar-refractivity contribution is 0.310. The summed E-state index contributed by atoms with van der Waals surface area (Å²) in [7, 11) is 3.12. The Kier molecular flexibility index (Phi) is 48.2. The summed E-state index contributed by atoms with van der Waals surface area (Å²) in [6.45, 7) is 4.81. The van der Waals surface area contributed by atoms with Gasteiger partial charge in [-0.15, -0.1) is 0 Å². The van der Waals surface area contributed by atoms with Crippen LogP contribution in [0.4, 0.5) is 0 Å². The van der Waals surface area contributed by atoms with Gasteiger partial charge < -0.3 is 38.3 Å². The highest BCUT2D eigenvalue weighted by atomic mass is 32.2. The van der Waals surface area contributed by atoms with E-state index in [2.05, 4.69) is 12.6 Å². The van der Waals surface area contributed by atoms with Gasteiger partial charge in [0.05, 0.1) is 39.1 Å². The van der Waals surface area contributed by atoms with Crippen molar-refractivity contribution < 1.29 is 45.2 Å². The van der Waals surface area contributed by atoms with Crippen molar-refractivity contribution in [2.24, 2.45) is 5.73 Å². The van der Waals surface area contributed by atoms with E-state index in [1.165, 1.54) is 0 Å². The lowest BCUT2D eigenvalue weighted by Gasteiger charge is -2.16. The van der Waals surface area contributed by atoms with E-state index in [1.54, 1.807) is 56.9 Å². The number of methoxy groups -OCH3 is 2. The molecule has 0 aliphatic rings. The fourth-order valence-electron chi connectivity index (χ4n) is 2.45. The number of nitrogens with zero attached hydrogens (tertiary/aromatic N) is 1. The second kappa shape index (κ2) is 37.0. The van der Waals surface area contributed by atoms with Crippen LogP contribution in [-0.4, -0.2) is 78.2 Å². The van der Waals surface area contributed by atoms with Crippen molar-refractivity contribution in [2.45, 2.75) is 49.6 Å². The fourth-order valence-corrected chi connectivity index (χ4v) is 2.94. The molecule has 262 valence electrons. The molecule has 16 heteroatoms. The minimum Gasteiger partial charge on any atom is -0.773 e. The minimum atomic E-state index is -2.16. The zero-order valence-corrected chi connectivity index (χ0v) is 26.8. The molecular weight excluding hydrogens is 661 g/mol. The summed E-state index contributed by atoms with van der Waals surface area (Å²) in [5, 5.41) is 8.65. The molecule has 0 aliphatic heterocycles. The lowest BCUT2D eigenvalue weighted by atomic mass is 10.1. The maximum atomic E-state index is 10.6. The van der Waals surface area contributed by atoms with Crippen molar-refractivity contribution in [1.29, 1.82) is 5.26 Å². The molecule has 2 N–H and O–H groups in total. The largest absolute Gasteiger partial charge is 0.773 e. The second-order valence-electron chi connectivity index (χ2n) is 6.63. The predicted molar refractivity (Wildman–Crippen MR) is 185 cm³/mol. The number of thiol groups is 1. The monoisotopic (exact) mass is 713 g/mol. The first-order valence-electron chi connectivity index (χ1n) is 11.2. The third-order valence-electron chi connectivity index (χ3n) is 3.82. The highest BCUT2D eigenvalue weighted by molar-refractivity contribution is 7.79. The molecule has 0 spiro atoms. The number of rotatable bonds is 9. The molecule has 0 bridgehead atoms. The molecule has 2 rings (SSSR count). The average Bonchev–Trinajstić information content (AvgIpc) is 2.89. The van der Waals surface area contributed by atoms with Crippen LogP contribution in [0.5, 0.6) is 23.0 Å². The first-order valence-corrected chi connectivity index (χ1v) is 16.3. The third-order valence-corrected chi connectivity index (χ3v) is 4.46. The van der Waals surface area contributed by atoms with Gasteiger partial charge in [-0.25, -0.2) is 0 Å². The zero-order chi connectivity index (χ0) is 31.7. The molecule has 2 aromatic rings. The summed E-state index contributed by atoms with van der Waals surface area (Å²) in [6, 6.07) is 11.7. The smallest absolute Gasteiger partial charge is 0.162 e. The van der Waals surface area contributed by atoms with Crippen molar-refractivity contribution in [3.63, 3.8) is 0 Å². The van der Waals surface area contributed by atoms with Crippen LogP contribution < -0.4 is 24.7 Å². The Morgan fingerprint density at radius 2 is 1.16 bits per heavy atom. The molecule has 0 fully saturated rings. The van der Waals surface area contributed by atoms with Crippen LogP contribution in [0, 0.1) is 11.3 Å². The minimum absolute atomic E-state index is 0. The summed E-state index contributed by atoms with van der Waals surface area (Å²) in [4.78, 5) is 0. The van der Waals surface area contributed by atoms with Gasteiger partial charge in [0, 0.05) is 17.9 Å². The quantitative estimate of drug-likeness (QED) is 0.200. The molecule has 2 aromatic carbocycles. The molecule has 0 amide bonds. The predicted octanol–water partition coefficient (Wildman–Crippen LogP) is 5.02. The van der Waals surface area contributed by atoms with Gasteiger partial charge in [0.15, 0.2) is 23.0 Å². The van der Waals surface area contributed by atoms with Crippen LogP contribution in [0.15, 0.2) is 36.4 Å². The first kappa shape index (κ1) is 57.4. The van der Waals surface area contributed by atoms with Crippen LogP contribution in [0.1, 0.15) is 60.7 Å².